The van der Waals surface area contributed by atoms with Crippen molar-refractivity contribution in [3.05, 3.63) is 89.0 Å². The monoisotopic (exact) mass is 518 g/mol. The fourth-order valence-corrected chi connectivity index (χ4v) is 6.48. The topological polar surface area (TPSA) is 93.7 Å². The van der Waals surface area contributed by atoms with Crippen molar-refractivity contribution in [3.8, 4) is 11.5 Å². The fraction of sp³-hybridized carbons (Fsp3) is 0.276. The number of benzene rings is 3. The first-order valence-electron chi connectivity index (χ1n) is 12.2. The summed E-state index contributed by atoms with van der Waals surface area (Å²) in [6.45, 7) is 5.22. The van der Waals surface area contributed by atoms with Crippen molar-refractivity contribution in [3.63, 3.8) is 0 Å². The Morgan fingerprint density at radius 1 is 1.03 bits per heavy atom. The summed E-state index contributed by atoms with van der Waals surface area (Å²) in [5, 5.41) is 3.62. The zero-order chi connectivity index (χ0) is 26.3. The molecule has 8 heteroatoms. The largest absolute Gasteiger partial charge is 0.493 e. The van der Waals surface area contributed by atoms with Gasteiger partial charge in [0.1, 0.15) is 0 Å². The molecule has 0 fully saturated rings. The van der Waals surface area contributed by atoms with Crippen LogP contribution in [0.2, 0.25) is 0 Å². The number of carbonyl (C=O) groups excluding carboxylic acids is 1. The molecule has 0 aromatic heterocycles. The summed E-state index contributed by atoms with van der Waals surface area (Å²) < 4.78 is 40.1. The molecule has 0 radical (unpaired) electrons. The number of sulfonamides is 1. The smallest absolute Gasteiger partial charge is 0.308 e. The van der Waals surface area contributed by atoms with Gasteiger partial charge in [0.05, 0.1) is 23.7 Å². The lowest BCUT2D eigenvalue weighted by atomic mass is 9.77. The molecule has 0 bridgehead atoms. The zero-order valence-electron chi connectivity index (χ0n) is 21.2. The molecule has 37 heavy (non-hydrogen) atoms. The first-order chi connectivity index (χ1) is 17.7. The van der Waals surface area contributed by atoms with Gasteiger partial charge in [-0.15, -0.1) is 0 Å². The van der Waals surface area contributed by atoms with Crippen LogP contribution in [0.15, 0.2) is 71.6 Å². The van der Waals surface area contributed by atoms with Crippen LogP contribution in [0.25, 0.3) is 0 Å². The van der Waals surface area contributed by atoms with E-state index in [2.05, 4.69) is 22.2 Å². The molecular formula is C29H30N2O5S. The van der Waals surface area contributed by atoms with Gasteiger partial charge in [-0.2, -0.15) is 0 Å². The third kappa shape index (κ3) is 4.81. The molecule has 1 aliphatic carbocycles. The highest BCUT2D eigenvalue weighted by Crippen LogP contribution is 2.51. The van der Waals surface area contributed by atoms with Gasteiger partial charge in [-0.3, -0.25) is 9.52 Å². The molecule has 1 aliphatic heterocycles. The Balaban J connectivity index is 1.46. The van der Waals surface area contributed by atoms with Crippen molar-refractivity contribution in [2.24, 2.45) is 5.92 Å². The van der Waals surface area contributed by atoms with Gasteiger partial charge in [-0.05, 0) is 79.3 Å². The van der Waals surface area contributed by atoms with Crippen molar-refractivity contribution in [2.45, 2.75) is 44.0 Å². The summed E-state index contributed by atoms with van der Waals surface area (Å²) >= 11 is 0. The number of hydrogen-bond acceptors (Lipinski definition) is 6. The number of aryl methyl sites for hydroxylation is 2. The highest BCUT2D eigenvalue weighted by Gasteiger charge is 2.38. The van der Waals surface area contributed by atoms with Gasteiger partial charge < -0.3 is 14.8 Å². The Bertz CT molecular complexity index is 1510. The molecule has 192 valence electrons. The third-order valence-corrected chi connectivity index (χ3v) is 8.43. The SMILES string of the molecule is COc1cc(C2Nc3ccc(S(=O)(=O)Nc4ccc(C)cc4C)cc3C3C=CCC32)ccc1OC(C)=O. The van der Waals surface area contributed by atoms with E-state index in [9.17, 15) is 13.2 Å². The highest BCUT2D eigenvalue weighted by molar-refractivity contribution is 7.92. The van der Waals surface area contributed by atoms with Gasteiger partial charge >= 0.3 is 5.97 Å². The summed E-state index contributed by atoms with van der Waals surface area (Å²) in [6, 6.07) is 16.5. The predicted octanol–water partition coefficient (Wildman–Crippen LogP) is 5.86. The molecule has 2 aliphatic rings. The lowest BCUT2D eigenvalue weighted by Crippen LogP contribution is -2.29. The van der Waals surface area contributed by atoms with Crippen LogP contribution in [0, 0.1) is 19.8 Å². The maximum atomic E-state index is 13.3. The molecule has 2 N–H and O–H groups in total. The molecule has 3 aromatic rings. The van der Waals surface area contributed by atoms with Crippen molar-refractivity contribution in [2.75, 3.05) is 17.1 Å². The average molecular weight is 519 g/mol. The Kier molecular flexibility index (Phi) is 6.45. The second-order valence-electron chi connectivity index (χ2n) is 9.65. The Hall–Kier alpha value is -3.78. The minimum absolute atomic E-state index is 0.0245. The highest BCUT2D eigenvalue weighted by atomic mass is 32.2. The summed E-state index contributed by atoms with van der Waals surface area (Å²) in [4.78, 5) is 11.7. The van der Waals surface area contributed by atoms with Crippen LogP contribution in [0.5, 0.6) is 11.5 Å². The van der Waals surface area contributed by atoms with E-state index in [1.807, 2.05) is 44.2 Å². The van der Waals surface area contributed by atoms with E-state index in [4.69, 9.17) is 9.47 Å². The number of methoxy groups -OCH3 is 1. The van der Waals surface area contributed by atoms with Crippen LogP contribution in [0.1, 0.15) is 47.6 Å². The van der Waals surface area contributed by atoms with Crippen molar-refractivity contribution >= 4 is 27.4 Å². The minimum atomic E-state index is -3.76. The maximum Gasteiger partial charge on any atom is 0.308 e. The number of allylic oxidation sites excluding steroid dienone is 2. The van der Waals surface area contributed by atoms with Crippen LogP contribution in [0.4, 0.5) is 11.4 Å². The van der Waals surface area contributed by atoms with E-state index in [0.717, 1.165) is 34.4 Å². The van der Waals surface area contributed by atoms with Gasteiger partial charge in [0.15, 0.2) is 11.5 Å². The van der Waals surface area contributed by atoms with Crippen molar-refractivity contribution in [1.29, 1.82) is 0 Å². The molecular weight excluding hydrogens is 488 g/mol. The molecule has 3 unspecified atom stereocenters. The molecule has 7 nitrogen and oxygen atoms in total. The summed E-state index contributed by atoms with van der Waals surface area (Å²) in [5.74, 6) is 0.719. The number of ether oxygens (including phenoxy) is 2. The molecule has 0 amide bonds. The number of hydrogen-bond donors (Lipinski definition) is 2. The molecule has 0 saturated heterocycles. The zero-order valence-corrected chi connectivity index (χ0v) is 22.1. The standard InChI is InChI=1S/C29H30N2O5S/c1-17-8-11-25(18(2)14-17)31-37(33,34)21-10-12-26-24(16-21)22-6-5-7-23(22)29(30-26)20-9-13-27(36-19(3)32)28(15-20)35-4/h5-6,8-16,22-23,29-31H,7H2,1-4H3. The van der Waals surface area contributed by atoms with E-state index in [-0.39, 0.29) is 22.8 Å². The number of esters is 1. The number of anilines is 2. The lowest BCUT2D eigenvalue weighted by molar-refractivity contribution is -0.132. The summed E-state index contributed by atoms with van der Waals surface area (Å²) in [7, 11) is -2.21. The Morgan fingerprint density at radius 2 is 1.84 bits per heavy atom. The van der Waals surface area contributed by atoms with Crippen LogP contribution >= 0.6 is 0 Å². The van der Waals surface area contributed by atoms with Crippen molar-refractivity contribution < 1.29 is 22.7 Å². The summed E-state index contributed by atoms with van der Waals surface area (Å²) in [6.07, 6.45) is 5.17. The van der Waals surface area contributed by atoms with Gasteiger partial charge in [0, 0.05) is 18.5 Å². The lowest BCUT2D eigenvalue weighted by Gasteiger charge is -2.38. The second kappa shape index (κ2) is 9.59. The fourth-order valence-electron chi connectivity index (χ4n) is 5.32. The van der Waals surface area contributed by atoms with Crippen LogP contribution in [0.3, 0.4) is 0 Å². The van der Waals surface area contributed by atoms with E-state index in [1.165, 1.54) is 6.92 Å². The van der Waals surface area contributed by atoms with E-state index < -0.39 is 16.0 Å². The van der Waals surface area contributed by atoms with E-state index >= 15 is 0 Å². The molecule has 1 heterocycles. The van der Waals surface area contributed by atoms with Crippen LogP contribution < -0.4 is 19.5 Å². The minimum Gasteiger partial charge on any atom is -0.493 e. The number of nitrogens with one attached hydrogen (secondary N) is 2. The molecule has 5 rings (SSSR count). The first kappa shape index (κ1) is 24.9. The normalized spacial score (nSPS) is 19.9. The number of rotatable bonds is 6. The van der Waals surface area contributed by atoms with Gasteiger partial charge in [0.25, 0.3) is 10.0 Å². The average Bonchev–Trinajstić information content (AvgIpc) is 3.35. The number of fused-ring (bicyclic) bond motifs is 3. The van der Waals surface area contributed by atoms with Gasteiger partial charge in [-0.1, -0.05) is 35.9 Å². The van der Waals surface area contributed by atoms with E-state index in [0.29, 0.717) is 17.2 Å². The maximum absolute atomic E-state index is 13.3. The molecule has 0 spiro atoms. The van der Waals surface area contributed by atoms with Crippen LogP contribution in [-0.4, -0.2) is 21.5 Å². The Labute approximate surface area is 217 Å². The molecule has 3 atom stereocenters. The van der Waals surface area contributed by atoms with Gasteiger partial charge in [-0.25, -0.2) is 8.42 Å². The van der Waals surface area contributed by atoms with Crippen molar-refractivity contribution in [1.82, 2.24) is 0 Å². The first-order valence-corrected chi connectivity index (χ1v) is 13.7. The quantitative estimate of drug-likeness (QED) is 0.241. The third-order valence-electron chi connectivity index (χ3n) is 7.07. The van der Waals surface area contributed by atoms with Gasteiger partial charge in [0.2, 0.25) is 0 Å². The van der Waals surface area contributed by atoms with Crippen LogP contribution in [-0.2, 0) is 14.8 Å². The second-order valence-corrected chi connectivity index (χ2v) is 11.3. The van der Waals surface area contributed by atoms with E-state index in [1.54, 1.807) is 31.4 Å². The predicted molar refractivity (Wildman–Crippen MR) is 144 cm³/mol. The number of carbonyl (C=O) groups is 1. The molecule has 0 saturated carbocycles. The Morgan fingerprint density at radius 3 is 2.57 bits per heavy atom. The molecule has 3 aromatic carbocycles. The summed E-state index contributed by atoms with van der Waals surface area (Å²) in [5.41, 5.74) is 5.39.